The van der Waals surface area contributed by atoms with Gasteiger partial charge in [0.05, 0.1) is 0 Å². The average Bonchev–Trinajstić information content (AvgIpc) is 2.39. The van der Waals surface area contributed by atoms with Crippen LogP contribution in [0.4, 0.5) is 0 Å². The standard InChI is InChI=1S/C17H27N/c1-5-17(3,4)14-11-10-13-8-7-9-16(18-6-2)15(13)12-14/h10-12,16,18H,5-9H2,1-4H3. The number of hydrogen-bond donors (Lipinski definition) is 1. The van der Waals surface area contributed by atoms with Crippen LogP contribution in [0.1, 0.15) is 69.7 Å². The molecular formula is C17H27N. The first-order valence-corrected chi connectivity index (χ1v) is 7.45. The van der Waals surface area contributed by atoms with E-state index in [1.165, 1.54) is 31.2 Å². The molecule has 0 bridgehead atoms. The second-order valence-corrected chi connectivity index (χ2v) is 6.15. The first kappa shape index (κ1) is 13.6. The maximum atomic E-state index is 3.64. The zero-order valence-electron chi connectivity index (χ0n) is 12.3. The van der Waals surface area contributed by atoms with Gasteiger partial charge in [-0.1, -0.05) is 45.9 Å². The lowest BCUT2D eigenvalue weighted by atomic mass is 9.78. The molecule has 2 rings (SSSR count). The monoisotopic (exact) mass is 245 g/mol. The van der Waals surface area contributed by atoms with Gasteiger partial charge < -0.3 is 5.32 Å². The van der Waals surface area contributed by atoms with Crippen molar-refractivity contribution < 1.29 is 0 Å². The highest BCUT2D eigenvalue weighted by Gasteiger charge is 2.23. The van der Waals surface area contributed by atoms with Crippen molar-refractivity contribution in [3.8, 4) is 0 Å². The van der Waals surface area contributed by atoms with E-state index in [0.717, 1.165) is 6.54 Å². The number of hydrogen-bond acceptors (Lipinski definition) is 1. The maximum absolute atomic E-state index is 3.64. The highest BCUT2D eigenvalue weighted by Crippen LogP contribution is 2.34. The third-order valence-electron chi connectivity index (χ3n) is 4.58. The van der Waals surface area contributed by atoms with Crippen molar-refractivity contribution in [3.63, 3.8) is 0 Å². The molecule has 1 unspecified atom stereocenters. The van der Waals surface area contributed by atoms with Gasteiger partial charge in [-0.2, -0.15) is 0 Å². The number of nitrogens with one attached hydrogen (secondary N) is 1. The van der Waals surface area contributed by atoms with E-state index in [1.54, 1.807) is 11.1 Å². The summed E-state index contributed by atoms with van der Waals surface area (Å²) >= 11 is 0. The minimum absolute atomic E-state index is 0.295. The molecule has 0 heterocycles. The first-order chi connectivity index (χ1) is 8.58. The minimum Gasteiger partial charge on any atom is -0.310 e. The number of benzene rings is 1. The fraction of sp³-hybridized carbons (Fsp3) is 0.647. The van der Waals surface area contributed by atoms with Gasteiger partial charge in [0, 0.05) is 6.04 Å². The van der Waals surface area contributed by atoms with Gasteiger partial charge in [-0.05, 0) is 54.3 Å². The van der Waals surface area contributed by atoms with Crippen molar-refractivity contribution >= 4 is 0 Å². The summed E-state index contributed by atoms with van der Waals surface area (Å²) in [6.45, 7) is 10.2. The van der Waals surface area contributed by atoms with E-state index in [9.17, 15) is 0 Å². The van der Waals surface area contributed by atoms with Crippen LogP contribution >= 0.6 is 0 Å². The van der Waals surface area contributed by atoms with Gasteiger partial charge in [-0.25, -0.2) is 0 Å². The van der Waals surface area contributed by atoms with Gasteiger partial charge in [0.15, 0.2) is 0 Å². The predicted octanol–water partition coefficient (Wildman–Crippen LogP) is 4.36. The molecule has 1 aliphatic carbocycles. The summed E-state index contributed by atoms with van der Waals surface area (Å²) in [5.74, 6) is 0. The van der Waals surface area contributed by atoms with Gasteiger partial charge in [-0.3, -0.25) is 0 Å². The fourth-order valence-electron chi connectivity index (χ4n) is 2.88. The van der Waals surface area contributed by atoms with E-state index < -0.39 is 0 Å². The Balaban J connectivity index is 2.36. The SMILES string of the molecule is CCNC1CCCc2ccc(C(C)(C)CC)cc21. The van der Waals surface area contributed by atoms with Crippen LogP contribution in [0.5, 0.6) is 0 Å². The molecule has 0 saturated carbocycles. The Kier molecular flexibility index (Phi) is 4.11. The molecule has 0 amide bonds. The van der Waals surface area contributed by atoms with Crippen LogP contribution in [-0.4, -0.2) is 6.54 Å². The van der Waals surface area contributed by atoms with Gasteiger partial charge in [0.2, 0.25) is 0 Å². The summed E-state index contributed by atoms with van der Waals surface area (Å²) in [5.41, 5.74) is 4.90. The van der Waals surface area contributed by atoms with E-state index in [-0.39, 0.29) is 0 Å². The Hall–Kier alpha value is -0.820. The lowest BCUT2D eigenvalue weighted by Crippen LogP contribution is -2.26. The molecule has 0 radical (unpaired) electrons. The molecule has 1 N–H and O–H groups in total. The average molecular weight is 245 g/mol. The third kappa shape index (κ3) is 2.61. The molecule has 18 heavy (non-hydrogen) atoms. The molecule has 1 nitrogen and oxygen atoms in total. The maximum Gasteiger partial charge on any atom is 0.0323 e. The summed E-state index contributed by atoms with van der Waals surface area (Å²) in [5, 5.41) is 3.64. The van der Waals surface area contributed by atoms with E-state index in [4.69, 9.17) is 0 Å². The summed E-state index contributed by atoms with van der Waals surface area (Å²) in [6, 6.07) is 7.75. The normalized spacial score (nSPS) is 19.7. The van der Waals surface area contributed by atoms with E-state index >= 15 is 0 Å². The van der Waals surface area contributed by atoms with Gasteiger partial charge in [0.25, 0.3) is 0 Å². The Morgan fingerprint density at radius 2 is 2.06 bits per heavy atom. The third-order valence-corrected chi connectivity index (χ3v) is 4.58. The van der Waals surface area contributed by atoms with Gasteiger partial charge in [0.1, 0.15) is 0 Å². The smallest absolute Gasteiger partial charge is 0.0323 e. The molecule has 1 heteroatoms. The van der Waals surface area contributed by atoms with Gasteiger partial charge in [-0.15, -0.1) is 0 Å². The highest BCUT2D eigenvalue weighted by atomic mass is 14.9. The Morgan fingerprint density at radius 1 is 1.28 bits per heavy atom. The Labute approximate surface area is 112 Å². The van der Waals surface area contributed by atoms with Gasteiger partial charge >= 0.3 is 0 Å². The molecule has 0 aliphatic heterocycles. The number of fused-ring (bicyclic) bond motifs is 1. The van der Waals surface area contributed by atoms with Crippen LogP contribution in [0.3, 0.4) is 0 Å². The summed E-state index contributed by atoms with van der Waals surface area (Å²) in [6.07, 6.45) is 5.06. The van der Waals surface area contributed by atoms with Crippen LogP contribution in [0, 0.1) is 0 Å². The summed E-state index contributed by atoms with van der Waals surface area (Å²) < 4.78 is 0. The topological polar surface area (TPSA) is 12.0 Å². The van der Waals surface area contributed by atoms with E-state index in [0.29, 0.717) is 11.5 Å². The van der Waals surface area contributed by atoms with Crippen molar-refractivity contribution in [3.05, 3.63) is 34.9 Å². The van der Waals surface area contributed by atoms with Crippen LogP contribution in [0.2, 0.25) is 0 Å². The fourth-order valence-corrected chi connectivity index (χ4v) is 2.88. The quantitative estimate of drug-likeness (QED) is 0.831. The number of rotatable bonds is 4. The van der Waals surface area contributed by atoms with Crippen LogP contribution in [0.25, 0.3) is 0 Å². The van der Waals surface area contributed by atoms with Crippen molar-refractivity contribution in [1.82, 2.24) is 5.32 Å². The van der Waals surface area contributed by atoms with Crippen LogP contribution in [0.15, 0.2) is 18.2 Å². The van der Waals surface area contributed by atoms with E-state index in [2.05, 4.69) is 51.2 Å². The molecule has 1 aliphatic rings. The Bertz CT molecular complexity index is 406. The van der Waals surface area contributed by atoms with Crippen molar-refractivity contribution in [2.75, 3.05) is 6.54 Å². The molecular weight excluding hydrogens is 218 g/mol. The Morgan fingerprint density at radius 3 is 2.72 bits per heavy atom. The van der Waals surface area contributed by atoms with E-state index in [1.807, 2.05) is 0 Å². The lowest BCUT2D eigenvalue weighted by Gasteiger charge is -2.30. The van der Waals surface area contributed by atoms with Crippen molar-refractivity contribution in [2.45, 2.75) is 64.8 Å². The molecule has 1 aromatic rings. The van der Waals surface area contributed by atoms with Crippen molar-refractivity contribution in [1.29, 1.82) is 0 Å². The second kappa shape index (κ2) is 5.44. The zero-order chi connectivity index (χ0) is 13.2. The molecule has 1 atom stereocenters. The summed E-state index contributed by atoms with van der Waals surface area (Å²) in [7, 11) is 0. The lowest BCUT2D eigenvalue weighted by molar-refractivity contribution is 0.465. The molecule has 0 fully saturated rings. The van der Waals surface area contributed by atoms with Crippen LogP contribution < -0.4 is 5.32 Å². The minimum atomic E-state index is 0.295. The second-order valence-electron chi connectivity index (χ2n) is 6.15. The summed E-state index contributed by atoms with van der Waals surface area (Å²) in [4.78, 5) is 0. The van der Waals surface area contributed by atoms with Crippen LogP contribution in [-0.2, 0) is 11.8 Å². The highest BCUT2D eigenvalue weighted by molar-refractivity contribution is 5.39. The molecule has 100 valence electrons. The molecule has 0 spiro atoms. The zero-order valence-corrected chi connectivity index (χ0v) is 12.3. The molecule has 0 aromatic heterocycles. The molecule has 0 saturated heterocycles. The van der Waals surface area contributed by atoms with Crippen molar-refractivity contribution in [2.24, 2.45) is 0 Å². The molecule has 1 aromatic carbocycles. The largest absolute Gasteiger partial charge is 0.310 e. The number of aryl methyl sites for hydroxylation is 1. The first-order valence-electron chi connectivity index (χ1n) is 7.45. The predicted molar refractivity (Wildman–Crippen MR) is 79.1 cm³/mol.